The number of hydrogen-bond acceptors (Lipinski definition) is 2. The number of nitrogens with one attached hydrogen (secondary N) is 1. The van der Waals surface area contributed by atoms with Gasteiger partial charge in [0.05, 0.1) is 6.54 Å². The monoisotopic (exact) mass is 258 g/mol. The topological polar surface area (TPSA) is 49.4 Å². The number of nitrogens with zero attached hydrogens (tertiary/aromatic N) is 1. The number of alkyl halides is 3. The van der Waals surface area contributed by atoms with Crippen LogP contribution in [0.2, 0.25) is 0 Å². The number of hydrogen-bond donors (Lipinski definition) is 1. The molecule has 0 fully saturated rings. The molecule has 0 aromatic carbocycles. The Morgan fingerprint density at radius 3 is 2.38 bits per heavy atom. The lowest BCUT2D eigenvalue weighted by Gasteiger charge is -2.19. The molecule has 0 heterocycles. The zero-order chi connectivity index (χ0) is 12.8. The van der Waals surface area contributed by atoms with E-state index in [-0.39, 0.29) is 13.1 Å². The van der Waals surface area contributed by atoms with Gasteiger partial charge in [-0.15, -0.1) is 6.42 Å². The molecule has 0 spiro atoms. The minimum atomic E-state index is -4.58. The molecule has 0 saturated carbocycles. The predicted molar refractivity (Wildman–Crippen MR) is 53.7 cm³/mol. The van der Waals surface area contributed by atoms with Crippen molar-refractivity contribution in [2.24, 2.45) is 0 Å². The van der Waals surface area contributed by atoms with Gasteiger partial charge < -0.3 is 0 Å². The molecule has 16 heavy (non-hydrogen) atoms. The molecule has 0 bridgehead atoms. The zero-order valence-corrected chi connectivity index (χ0v) is 9.53. The fourth-order valence-electron chi connectivity index (χ4n) is 0.900. The largest absolute Gasteiger partial charge is 0.402 e. The molecular weight excluding hydrogens is 245 g/mol. The van der Waals surface area contributed by atoms with Crippen LogP contribution >= 0.6 is 0 Å². The fourth-order valence-corrected chi connectivity index (χ4v) is 2.10. The highest BCUT2D eigenvalue weighted by Gasteiger charge is 2.31. The summed E-state index contributed by atoms with van der Waals surface area (Å²) in [5, 5.41) is 0. The standard InChI is InChI=1S/C8H13F3N2O2S/c1-3-5-13(6-4-2)16(14,15)12-7-8(9,10)11/h1,12H,4-7H2,2H3. The summed E-state index contributed by atoms with van der Waals surface area (Å²) in [6, 6.07) is 0. The maximum absolute atomic E-state index is 11.8. The Hall–Kier alpha value is -0.780. The molecule has 0 rings (SSSR count). The SMILES string of the molecule is C#CCN(CCC)S(=O)(=O)NCC(F)(F)F. The van der Waals surface area contributed by atoms with Crippen LogP contribution in [0.1, 0.15) is 13.3 Å². The van der Waals surface area contributed by atoms with E-state index in [9.17, 15) is 21.6 Å². The van der Waals surface area contributed by atoms with Crippen molar-refractivity contribution < 1.29 is 21.6 Å². The van der Waals surface area contributed by atoms with Crippen LogP contribution < -0.4 is 4.72 Å². The first-order valence-corrected chi connectivity index (χ1v) is 5.92. The van der Waals surface area contributed by atoms with Crippen LogP contribution in [0.3, 0.4) is 0 Å². The summed E-state index contributed by atoms with van der Waals surface area (Å²) in [5.74, 6) is 2.08. The van der Waals surface area contributed by atoms with Gasteiger partial charge in [-0.05, 0) is 6.42 Å². The average molecular weight is 258 g/mol. The molecule has 4 nitrogen and oxygen atoms in total. The number of rotatable bonds is 6. The van der Waals surface area contributed by atoms with Gasteiger partial charge in [-0.3, -0.25) is 0 Å². The molecular formula is C8H13F3N2O2S. The van der Waals surface area contributed by atoms with E-state index in [1.807, 2.05) is 0 Å². The molecule has 0 unspecified atom stereocenters. The molecule has 8 heteroatoms. The number of halogens is 3. The van der Waals surface area contributed by atoms with Gasteiger partial charge in [0.15, 0.2) is 0 Å². The van der Waals surface area contributed by atoms with Gasteiger partial charge in [0.2, 0.25) is 0 Å². The average Bonchev–Trinajstić information content (AvgIpc) is 2.14. The third-order valence-electron chi connectivity index (χ3n) is 1.54. The van der Waals surface area contributed by atoms with Crippen LogP contribution in [0.25, 0.3) is 0 Å². The second kappa shape index (κ2) is 6.08. The van der Waals surface area contributed by atoms with E-state index < -0.39 is 22.9 Å². The van der Waals surface area contributed by atoms with E-state index in [0.29, 0.717) is 6.42 Å². The highest BCUT2D eigenvalue weighted by Crippen LogP contribution is 2.13. The second-order valence-corrected chi connectivity index (χ2v) is 4.73. The van der Waals surface area contributed by atoms with E-state index in [4.69, 9.17) is 6.42 Å². The van der Waals surface area contributed by atoms with Crippen LogP contribution in [0.4, 0.5) is 13.2 Å². The van der Waals surface area contributed by atoms with E-state index in [2.05, 4.69) is 5.92 Å². The Balaban J connectivity index is 4.55. The van der Waals surface area contributed by atoms with Gasteiger partial charge in [0.25, 0.3) is 10.2 Å². The summed E-state index contributed by atoms with van der Waals surface area (Å²) in [4.78, 5) is 0. The van der Waals surface area contributed by atoms with E-state index in [1.54, 1.807) is 6.92 Å². The van der Waals surface area contributed by atoms with Gasteiger partial charge in [0.1, 0.15) is 6.54 Å². The molecule has 94 valence electrons. The quantitative estimate of drug-likeness (QED) is 0.714. The third kappa shape index (κ3) is 5.95. The Labute approximate surface area is 93.0 Å². The third-order valence-corrected chi connectivity index (χ3v) is 3.04. The van der Waals surface area contributed by atoms with Crippen molar-refractivity contribution in [3.05, 3.63) is 0 Å². The Morgan fingerprint density at radius 1 is 1.44 bits per heavy atom. The summed E-state index contributed by atoms with van der Waals surface area (Å²) in [7, 11) is -4.16. The van der Waals surface area contributed by atoms with Crippen LogP contribution in [-0.4, -0.2) is 38.5 Å². The van der Waals surface area contributed by atoms with Gasteiger partial charge in [-0.1, -0.05) is 12.8 Å². The van der Waals surface area contributed by atoms with Crippen molar-refractivity contribution in [1.82, 2.24) is 9.03 Å². The van der Waals surface area contributed by atoms with Gasteiger partial charge in [-0.25, -0.2) is 0 Å². The summed E-state index contributed by atoms with van der Waals surface area (Å²) >= 11 is 0. The molecule has 0 atom stereocenters. The first-order chi connectivity index (χ1) is 7.23. The summed E-state index contributed by atoms with van der Waals surface area (Å²) in [6.45, 7) is -0.0681. The molecule has 0 radical (unpaired) electrons. The van der Waals surface area contributed by atoms with E-state index in [0.717, 1.165) is 4.31 Å². The van der Waals surface area contributed by atoms with Crippen molar-refractivity contribution in [3.8, 4) is 12.3 Å². The van der Waals surface area contributed by atoms with Crippen molar-refractivity contribution in [2.45, 2.75) is 19.5 Å². The molecule has 0 amide bonds. The van der Waals surface area contributed by atoms with Crippen LogP contribution in [0, 0.1) is 12.3 Å². The number of terminal acetylenes is 1. The maximum atomic E-state index is 11.8. The lowest BCUT2D eigenvalue weighted by Crippen LogP contribution is -2.44. The molecule has 0 aromatic heterocycles. The first kappa shape index (κ1) is 15.2. The van der Waals surface area contributed by atoms with E-state index >= 15 is 0 Å². The van der Waals surface area contributed by atoms with E-state index in [1.165, 1.54) is 4.72 Å². The molecule has 1 N–H and O–H groups in total. The smallest absolute Gasteiger partial charge is 0.195 e. The lowest BCUT2D eigenvalue weighted by atomic mass is 10.5. The predicted octanol–water partition coefficient (Wildman–Crippen LogP) is 0.728. The minimum Gasteiger partial charge on any atom is -0.195 e. The zero-order valence-electron chi connectivity index (χ0n) is 8.71. The lowest BCUT2D eigenvalue weighted by molar-refractivity contribution is -0.121. The van der Waals surface area contributed by atoms with Crippen molar-refractivity contribution in [2.75, 3.05) is 19.6 Å². The molecule has 0 aliphatic rings. The highest BCUT2D eigenvalue weighted by molar-refractivity contribution is 7.87. The highest BCUT2D eigenvalue weighted by atomic mass is 32.2. The van der Waals surface area contributed by atoms with Crippen molar-refractivity contribution >= 4 is 10.2 Å². The maximum Gasteiger partial charge on any atom is 0.402 e. The van der Waals surface area contributed by atoms with Gasteiger partial charge >= 0.3 is 6.18 Å². The molecule has 0 aliphatic carbocycles. The van der Waals surface area contributed by atoms with Gasteiger partial charge in [-0.2, -0.15) is 30.6 Å². The minimum absolute atomic E-state index is 0.0807. The fraction of sp³-hybridized carbons (Fsp3) is 0.750. The summed E-state index contributed by atoms with van der Waals surface area (Å²) in [5.41, 5.74) is 0. The van der Waals surface area contributed by atoms with Crippen LogP contribution in [0.5, 0.6) is 0 Å². The van der Waals surface area contributed by atoms with Crippen molar-refractivity contribution in [3.63, 3.8) is 0 Å². The molecule has 0 aromatic rings. The summed E-state index contributed by atoms with van der Waals surface area (Å²) < 4.78 is 60.5. The van der Waals surface area contributed by atoms with Gasteiger partial charge in [0, 0.05) is 6.54 Å². The van der Waals surface area contributed by atoms with Crippen molar-refractivity contribution in [1.29, 1.82) is 0 Å². The van der Waals surface area contributed by atoms with Crippen LogP contribution in [-0.2, 0) is 10.2 Å². The van der Waals surface area contributed by atoms with Crippen LogP contribution in [0.15, 0.2) is 0 Å². The Bertz CT molecular complexity index is 345. The molecule has 0 saturated heterocycles. The molecule has 0 aliphatic heterocycles. The Morgan fingerprint density at radius 2 is 2.00 bits per heavy atom. The Kier molecular flexibility index (Phi) is 5.78. The first-order valence-electron chi connectivity index (χ1n) is 4.48. The normalized spacial score (nSPS) is 12.8. The second-order valence-electron chi connectivity index (χ2n) is 2.98. The summed E-state index contributed by atoms with van der Waals surface area (Å²) in [6.07, 6.45) is 0.817.